The molecule has 4 heteroatoms. The van der Waals surface area contributed by atoms with E-state index in [0.717, 1.165) is 31.0 Å². The van der Waals surface area contributed by atoms with Gasteiger partial charge in [0.15, 0.2) is 0 Å². The Morgan fingerprint density at radius 2 is 2.16 bits per heavy atom. The molecule has 4 nitrogen and oxygen atoms in total. The second kappa shape index (κ2) is 6.22. The average Bonchev–Trinajstić information content (AvgIpc) is 2.42. The van der Waals surface area contributed by atoms with Crippen molar-refractivity contribution < 1.29 is 0 Å². The van der Waals surface area contributed by atoms with Gasteiger partial charge in [0.1, 0.15) is 11.6 Å². The fourth-order valence-electron chi connectivity index (χ4n) is 3.13. The lowest BCUT2D eigenvalue weighted by Crippen LogP contribution is -2.23. The highest BCUT2D eigenvalue weighted by Crippen LogP contribution is 2.36. The van der Waals surface area contributed by atoms with Crippen LogP contribution < -0.4 is 11.3 Å². The Kier molecular flexibility index (Phi) is 4.61. The van der Waals surface area contributed by atoms with Crippen LogP contribution in [0.1, 0.15) is 69.7 Å². The van der Waals surface area contributed by atoms with Crippen molar-refractivity contribution in [2.45, 2.75) is 64.7 Å². The number of nitrogens with one attached hydrogen (secondary N) is 1. The van der Waals surface area contributed by atoms with E-state index in [1.54, 1.807) is 0 Å². The van der Waals surface area contributed by atoms with Gasteiger partial charge in [-0.25, -0.2) is 4.98 Å². The molecule has 1 heterocycles. The largest absolute Gasteiger partial charge is 0.383 e. The second-order valence-corrected chi connectivity index (χ2v) is 5.70. The second-order valence-electron chi connectivity index (χ2n) is 5.70. The standard InChI is InChI=1S/C15H25N3O/c1-3-6-12-13(16)17-14(18-15(12)19)11-8-5-7-10(4-2)9-11/h10-11H,3-9H2,1-2H3,(H3,16,17,18,19). The predicted molar refractivity (Wildman–Crippen MR) is 78.3 cm³/mol. The van der Waals surface area contributed by atoms with Crippen LogP contribution in [0.4, 0.5) is 5.82 Å². The van der Waals surface area contributed by atoms with E-state index in [2.05, 4.69) is 16.9 Å². The van der Waals surface area contributed by atoms with Gasteiger partial charge in [-0.2, -0.15) is 0 Å². The Bertz CT molecular complexity index is 481. The number of nitrogens with zero attached hydrogens (tertiary/aromatic N) is 1. The fourth-order valence-corrected chi connectivity index (χ4v) is 3.13. The SMILES string of the molecule is CCCc1c(N)nc(C2CCCC(CC)C2)[nH]c1=O. The molecule has 2 rings (SSSR count). The Morgan fingerprint density at radius 1 is 1.37 bits per heavy atom. The van der Waals surface area contributed by atoms with Crippen molar-refractivity contribution in [3.05, 3.63) is 21.7 Å². The topological polar surface area (TPSA) is 71.8 Å². The van der Waals surface area contributed by atoms with Crippen molar-refractivity contribution >= 4 is 5.82 Å². The average molecular weight is 263 g/mol. The lowest BCUT2D eigenvalue weighted by Gasteiger charge is -2.27. The van der Waals surface area contributed by atoms with E-state index in [-0.39, 0.29) is 5.56 Å². The molecule has 1 aliphatic carbocycles. The van der Waals surface area contributed by atoms with E-state index in [0.29, 0.717) is 23.7 Å². The van der Waals surface area contributed by atoms with E-state index >= 15 is 0 Å². The van der Waals surface area contributed by atoms with Crippen molar-refractivity contribution in [2.24, 2.45) is 5.92 Å². The van der Waals surface area contributed by atoms with Crippen LogP contribution in [0.5, 0.6) is 0 Å². The summed E-state index contributed by atoms with van der Waals surface area (Å²) in [7, 11) is 0. The zero-order valence-corrected chi connectivity index (χ0v) is 12.0. The number of rotatable bonds is 4. The third-order valence-electron chi connectivity index (χ3n) is 4.31. The number of nitrogen functional groups attached to an aromatic ring is 1. The molecular formula is C15H25N3O. The van der Waals surface area contributed by atoms with Gasteiger partial charge >= 0.3 is 0 Å². The van der Waals surface area contributed by atoms with Crippen LogP contribution in [-0.4, -0.2) is 9.97 Å². The maximum atomic E-state index is 12.1. The van der Waals surface area contributed by atoms with Gasteiger partial charge in [0.25, 0.3) is 5.56 Å². The molecule has 0 radical (unpaired) electrons. The van der Waals surface area contributed by atoms with Crippen LogP contribution in [0, 0.1) is 5.92 Å². The molecule has 1 aromatic heterocycles. The van der Waals surface area contributed by atoms with Gasteiger partial charge in [-0.1, -0.05) is 39.5 Å². The predicted octanol–water partition coefficient (Wildman–Crippen LogP) is 2.99. The number of anilines is 1. The summed E-state index contributed by atoms with van der Waals surface area (Å²) < 4.78 is 0. The van der Waals surface area contributed by atoms with Crippen LogP contribution in [0.25, 0.3) is 0 Å². The summed E-state index contributed by atoms with van der Waals surface area (Å²) in [6.45, 7) is 4.28. The summed E-state index contributed by atoms with van der Waals surface area (Å²) in [5, 5.41) is 0. The zero-order valence-electron chi connectivity index (χ0n) is 12.0. The summed E-state index contributed by atoms with van der Waals surface area (Å²) in [4.78, 5) is 19.5. The highest BCUT2D eigenvalue weighted by atomic mass is 16.1. The minimum atomic E-state index is -0.0389. The van der Waals surface area contributed by atoms with Gasteiger partial charge in [-0.3, -0.25) is 4.79 Å². The van der Waals surface area contributed by atoms with Gasteiger partial charge in [-0.15, -0.1) is 0 Å². The molecule has 0 amide bonds. The van der Waals surface area contributed by atoms with E-state index in [1.807, 2.05) is 6.92 Å². The third-order valence-corrected chi connectivity index (χ3v) is 4.31. The summed E-state index contributed by atoms with van der Waals surface area (Å²) in [5.41, 5.74) is 6.56. The summed E-state index contributed by atoms with van der Waals surface area (Å²) in [6, 6.07) is 0. The van der Waals surface area contributed by atoms with Crippen molar-refractivity contribution in [2.75, 3.05) is 5.73 Å². The molecule has 0 saturated heterocycles. The van der Waals surface area contributed by atoms with Crippen LogP contribution >= 0.6 is 0 Å². The van der Waals surface area contributed by atoms with Crippen LogP contribution in [0.15, 0.2) is 4.79 Å². The van der Waals surface area contributed by atoms with E-state index in [4.69, 9.17) is 5.73 Å². The normalized spacial score (nSPS) is 23.5. The maximum absolute atomic E-state index is 12.1. The smallest absolute Gasteiger partial charge is 0.256 e. The Morgan fingerprint density at radius 3 is 2.79 bits per heavy atom. The first-order valence-electron chi connectivity index (χ1n) is 7.54. The summed E-state index contributed by atoms with van der Waals surface area (Å²) in [6.07, 6.45) is 7.61. The number of nitrogens with two attached hydrogens (primary N) is 1. The molecule has 0 aromatic carbocycles. The number of aromatic nitrogens is 2. The molecule has 2 atom stereocenters. The summed E-state index contributed by atoms with van der Waals surface area (Å²) >= 11 is 0. The van der Waals surface area contributed by atoms with Gasteiger partial charge in [-0.05, 0) is 25.2 Å². The zero-order chi connectivity index (χ0) is 13.8. The third kappa shape index (κ3) is 3.17. The molecule has 1 fully saturated rings. The molecule has 1 saturated carbocycles. The molecule has 0 aliphatic heterocycles. The first-order chi connectivity index (χ1) is 9.15. The van der Waals surface area contributed by atoms with E-state index < -0.39 is 0 Å². The van der Waals surface area contributed by atoms with Crippen molar-refractivity contribution in [1.82, 2.24) is 9.97 Å². The number of H-pyrrole nitrogens is 1. The molecular weight excluding hydrogens is 238 g/mol. The molecule has 1 aliphatic rings. The maximum Gasteiger partial charge on any atom is 0.256 e. The highest BCUT2D eigenvalue weighted by molar-refractivity contribution is 5.38. The van der Waals surface area contributed by atoms with Crippen molar-refractivity contribution in [3.63, 3.8) is 0 Å². The number of hydrogen-bond acceptors (Lipinski definition) is 3. The highest BCUT2D eigenvalue weighted by Gasteiger charge is 2.24. The van der Waals surface area contributed by atoms with Crippen LogP contribution in [-0.2, 0) is 6.42 Å². The molecule has 0 spiro atoms. The van der Waals surface area contributed by atoms with Crippen LogP contribution in [0.3, 0.4) is 0 Å². The molecule has 0 bridgehead atoms. The summed E-state index contributed by atoms with van der Waals surface area (Å²) in [5.74, 6) is 2.38. The minimum absolute atomic E-state index is 0.0389. The van der Waals surface area contributed by atoms with Crippen molar-refractivity contribution in [1.29, 1.82) is 0 Å². The minimum Gasteiger partial charge on any atom is -0.383 e. The molecule has 2 unspecified atom stereocenters. The van der Waals surface area contributed by atoms with Gasteiger partial charge in [0.2, 0.25) is 0 Å². The van der Waals surface area contributed by atoms with E-state index in [9.17, 15) is 4.79 Å². The van der Waals surface area contributed by atoms with Crippen LogP contribution in [0.2, 0.25) is 0 Å². The quantitative estimate of drug-likeness (QED) is 0.877. The van der Waals surface area contributed by atoms with Gasteiger partial charge in [0.05, 0.1) is 5.56 Å². The van der Waals surface area contributed by atoms with Gasteiger partial charge in [0, 0.05) is 5.92 Å². The lowest BCUT2D eigenvalue weighted by atomic mass is 9.80. The number of hydrogen-bond donors (Lipinski definition) is 2. The molecule has 3 N–H and O–H groups in total. The number of aromatic amines is 1. The Balaban J connectivity index is 2.23. The monoisotopic (exact) mass is 263 g/mol. The molecule has 19 heavy (non-hydrogen) atoms. The first-order valence-corrected chi connectivity index (χ1v) is 7.54. The fraction of sp³-hybridized carbons (Fsp3) is 0.733. The Labute approximate surface area is 114 Å². The lowest BCUT2D eigenvalue weighted by molar-refractivity contribution is 0.307. The first kappa shape index (κ1) is 14.1. The molecule has 106 valence electrons. The molecule has 1 aromatic rings. The van der Waals surface area contributed by atoms with Crippen molar-refractivity contribution in [3.8, 4) is 0 Å². The van der Waals surface area contributed by atoms with E-state index in [1.165, 1.54) is 19.3 Å². The van der Waals surface area contributed by atoms with Gasteiger partial charge < -0.3 is 10.7 Å². The Hall–Kier alpha value is -1.32.